The normalized spacial score (nSPS) is 10.4. The number of nitrogens with zero attached hydrogens (tertiary/aromatic N) is 3. The van der Waals surface area contributed by atoms with Gasteiger partial charge in [0.25, 0.3) is 5.69 Å². The lowest BCUT2D eigenvalue weighted by atomic mass is 10.2. The summed E-state index contributed by atoms with van der Waals surface area (Å²) < 4.78 is 11.6. The van der Waals surface area contributed by atoms with Gasteiger partial charge in [-0.15, -0.1) is 6.42 Å². The third-order valence-electron chi connectivity index (χ3n) is 3.42. The molecular weight excluding hydrogens is 448 g/mol. The summed E-state index contributed by atoms with van der Waals surface area (Å²) in [6.45, 7) is 2.28. The molecule has 0 aliphatic heterocycles. The maximum absolute atomic E-state index is 11.2. The number of nitro groups is 2. The summed E-state index contributed by atoms with van der Waals surface area (Å²) in [5.74, 6) is 3.26. The zero-order valence-corrected chi connectivity index (χ0v) is 16.7. The van der Waals surface area contributed by atoms with E-state index in [-0.39, 0.29) is 18.0 Å². The van der Waals surface area contributed by atoms with E-state index in [9.17, 15) is 20.2 Å². The highest BCUT2D eigenvalue weighted by molar-refractivity contribution is 9.10. The SMILES string of the molecule is C#CCOc1c(Br)cc(/C=N/Nc2ccc([N+](=O)[O-])cc2[N+](=O)[O-])cc1OCC. The maximum Gasteiger partial charge on any atom is 0.301 e. The standard InChI is InChI=1S/C18H15BrN4O6/c1-3-7-29-18-14(19)8-12(9-17(18)28-4-2)11-20-21-15-6-5-13(22(24)25)10-16(15)23(26)27/h1,5-6,8-11,21H,4,7H2,2H3/b20-11+. The van der Waals surface area contributed by atoms with Crippen LogP contribution in [-0.2, 0) is 0 Å². The van der Waals surface area contributed by atoms with Gasteiger partial charge in [0, 0.05) is 6.07 Å². The number of non-ortho nitro benzene ring substituents is 1. The molecule has 0 aliphatic carbocycles. The Morgan fingerprint density at radius 3 is 2.62 bits per heavy atom. The largest absolute Gasteiger partial charge is 0.490 e. The fraction of sp³-hybridized carbons (Fsp3) is 0.167. The van der Waals surface area contributed by atoms with Gasteiger partial charge < -0.3 is 9.47 Å². The molecule has 0 atom stereocenters. The zero-order valence-electron chi connectivity index (χ0n) is 15.1. The van der Waals surface area contributed by atoms with Gasteiger partial charge >= 0.3 is 5.69 Å². The van der Waals surface area contributed by atoms with E-state index in [0.717, 1.165) is 12.1 Å². The predicted octanol–water partition coefficient (Wildman–Crippen LogP) is 4.12. The summed E-state index contributed by atoms with van der Waals surface area (Å²) in [6, 6.07) is 6.58. The van der Waals surface area contributed by atoms with Crippen LogP contribution in [0.25, 0.3) is 0 Å². The van der Waals surface area contributed by atoms with Crippen molar-refractivity contribution in [1.29, 1.82) is 0 Å². The van der Waals surface area contributed by atoms with Gasteiger partial charge in [0.1, 0.15) is 12.3 Å². The third-order valence-corrected chi connectivity index (χ3v) is 4.01. The minimum atomic E-state index is -0.730. The summed E-state index contributed by atoms with van der Waals surface area (Å²) in [4.78, 5) is 20.5. The minimum absolute atomic E-state index is 0.00919. The topological polar surface area (TPSA) is 129 Å². The number of nitro benzene ring substituents is 2. The Hall–Kier alpha value is -3.65. The molecule has 0 bridgehead atoms. The Morgan fingerprint density at radius 2 is 2.00 bits per heavy atom. The first-order valence-corrected chi connectivity index (χ1v) is 8.91. The fourth-order valence-corrected chi connectivity index (χ4v) is 2.81. The van der Waals surface area contributed by atoms with Crippen molar-refractivity contribution >= 4 is 39.2 Å². The van der Waals surface area contributed by atoms with Crippen LogP contribution in [0.4, 0.5) is 17.1 Å². The molecule has 10 nitrogen and oxygen atoms in total. The molecular formula is C18H15BrN4O6. The molecule has 2 aromatic carbocycles. The first-order valence-electron chi connectivity index (χ1n) is 8.11. The number of halogens is 1. The van der Waals surface area contributed by atoms with Crippen molar-refractivity contribution in [2.24, 2.45) is 5.10 Å². The molecule has 0 amide bonds. The van der Waals surface area contributed by atoms with Crippen LogP contribution in [0.3, 0.4) is 0 Å². The summed E-state index contributed by atoms with van der Waals surface area (Å²) in [5.41, 5.74) is 2.27. The number of ether oxygens (including phenoxy) is 2. The Kier molecular flexibility index (Phi) is 7.50. The second-order valence-corrected chi connectivity index (χ2v) is 6.20. The molecule has 2 aromatic rings. The monoisotopic (exact) mass is 462 g/mol. The van der Waals surface area contributed by atoms with E-state index < -0.39 is 15.5 Å². The molecule has 0 radical (unpaired) electrons. The van der Waals surface area contributed by atoms with E-state index in [2.05, 4.69) is 32.4 Å². The lowest BCUT2D eigenvalue weighted by Gasteiger charge is -2.13. The van der Waals surface area contributed by atoms with E-state index in [1.807, 2.05) is 6.92 Å². The van der Waals surface area contributed by atoms with Gasteiger partial charge in [0.05, 0.1) is 33.2 Å². The summed E-state index contributed by atoms with van der Waals surface area (Å²) in [7, 11) is 0. The van der Waals surface area contributed by atoms with Crippen LogP contribution in [0.1, 0.15) is 12.5 Å². The van der Waals surface area contributed by atoms with Gasteiger partial charge in [-0.3, -0.25) is 25.7 Å². The van der Waals surface area contributed by atoms with E-state index in [1.165, 1.54) is 12.3 Å². The van der Waals surface area contributed by atoms with Crippen molar-refractivity contribution in [3.63, 3.8) is 0 Å². The van der Waals surface area contributed by atoms with Gasteiger partial charge in [-0.25, -0.2) is 0 Å². The van der Waals surface area contributed by atoms with Crippen LogP contribution < -0.4 is 14.9 Å². The van der Waals surface area contributed by atoms with Gasteiger partial charge in [-0.05, 0) is 46.6 Å². The van der Waals surface area contributed by atoms with Gasteiger partial charge in [0.2, 0.25) is 0 Å². The van der Waals surface area contributed by atoms with Crippen LogP contribution in [0, 0.1) is 32.6 Å². The highest BCUT2D eigenvalue weighted by atomic mass is 79.9. The molecule has 0 saturated heterocycles. The van der Waals surface area contributed by atoms with E-state index in [0.29, 0.717) is 28.1 Å². The van der Waals surface area contributed by atoms with Crippen LogP contribution in [0.15, 0.2) is 39.9 Å². The quantitative estimate of drug-likeness (QED) is 0.256. The lowest BCUT2D eigenvalue weighted by molar-refractivity contribution is -0.393. The van der Waals surface area contributed by atoms with Crippen LogP contribution >= 0.6 is 15.9 Å². The number of anilines is 1. The Labute approximate surface area is 173 Å². The molecule has 0 spiro atoms. The van der Waals surface area contributed by atoms with Crippen LogP contribution in [0.2, 0.25) is 0 Å². The highest BCUT2D eigenvalue weighted by Crippen LogP contribution is 2.36. The second kappa shape index (κ2) is 10.0. The first-order chi connectivity index (χ1) is 13.9. The van der Waals surface area contributed by atoms with Crippen molar-refractivity contribution in [3.05, 3.63) is 60.6 Å². The smallest absolute Gasteiger partial charge is 0.301 e. The lowest BCUT2D eigenvalue weighted by Crippen LogP contribution is -2.02. The molecule has 1 N–H and O–H groups in total. The van der Waals surface area contributed by atoms with Crippen molar-refractivity contribution in [2.75, 3.05) is 18.6 Å². The number of terminal acetylenes is 1. The minimum Gasteiger partial charge on any atom is -0.490 e. The number of hydrazone groups is 1. The van der Waals surface area contributed by atoms with Crippen molar-refractivity contribution < 1.29 is 19.3 Å². The summed E-state index contributed by atoms with van der Waals surface area (Å²) in [5, 5.41) is 25.9. The molecule has 29 heavy (non-hydrogen) atoms. The highest BCUT2D eigenvalue weighted by Gasteiger charge is 2.19. The second-order valence-electron chi connectivity index (χ2n) is 5.34. The Morgan fingerprint density at radius 1 is 1.24 bits per heavy atom. The predicted molar refractivity (Wildman–Crippen MR) is 111 cm³/mol. The molecule has 11 heteroatoms. The Bertz CT molecular complexity index is 1000. The fourth-order valence-electron chi connectivity index (χ4n) is 2.23. The molecule has 150 valence electrons. The average molecular weight is 463 g/mol. The number of hydrogen-bond donors (Lipinski definition) is 1. The maximum atomic E-state index is 11.2. The summed E-state index contributed by atoms with van der Waals surface area (Å²) in [6.07, 6.45) is 6.62. The number of rotatable bonds is 9. The van der Waals surface area contributed by atoms with E-state index >= 15 is 0 Å². The van der Waals surface area contributed by atoms with Crippen LogP contribution in [-0.4, -0.2) is 29.3 Å². The number of hydrogen-bond acceptors (Lipinski definition) is 8. The third kappa shape index (κ3) is 5.66. The van der Waals surface area contributed by atoms with Gasteiger partial charge in [-0.1, -0.05) is 5.92 Å². The molecule has 0 unspecified atom stereocenters. The van der Waals surface area contributed by atoms with E-state index in [4.69, 9.17) is 15.9 Å². The van der Waals surface area contributed by atoms with Gasteiger partial charge in [0.15, 0.2) is 11.5 Å². The van der Waals surface area contributed by atoms with E-state index in [1.54, 1.807) is 12.1 Å². The van der Waals surface area contributed by atoms with Gasteiger partial charge in [-0.2, -0.15) is 5.10 Å². The number of benzene rings is 2. The van der Waals surface area contributed by atoms with Crippen molar-refractivity contribution in [1.82, 2.24) is 0 Å². The molecule has 0 aliphatic rings. The van der Waals surface area contributed by atoms with Crippen molar-refractivity contribution in [3.8, 4) is 23.8 Å². The number of nitrogens with one attached hydrogen (secondary N) is 1. The molecule has 0 saturated carbocycles. The first kappa shape index (κ1) is 21.6. The average Bonchev–Trinajstić information content (AvgIpc) is 2.67. The molecule has 0 fully saturated rings. The van der Waals surface area contributed by atoms with Crippen molar-refractivity contribution in [2.45, 2.75) is 6.92 Å². The molecule has 2 rings (SSSR count). The Balaban J connectivity index is 2.27. The molecule has 0 aromatic heterocycles. The van der Waals surface area contributed by atoms with Crippen LogP contribution in [0.5, 0.6) is 11.5 Å². The zero-order chi connectivity index (χ0) is 21.4. The molecule has 0 heterocycles. The summed E-state index contributed by atoms with van der Waals surface area (Å²) >= 11 is 3.38.